The molecule has 1 saturated carbocycles. The molecule has 1 N–H and O–H groups in total. The minimum Gasteiger partial charge on any atom is -0.313 e. The summed E-state index contributed by atoms with van der Waals surface area (Å²) in [4.78, 5) is 2.42. The van der Waals surface area contributed by atoms with Gasteiger partial charge >= 0.3 is 0 Å². The van der Waals surface area contributed by atoms with E-state index >= 15 is 0 Å². The van der Waals surface area contributed by atoms with Gasteiger partial charge in [-0.25, -0.2) is 0 Å². The Morgan fingerprint density at radius 2 is 1.90 bits per heavy atom. The highest BCUT2D eigenvalue weighted by Gasteiger charge is 2.30. The molecule has 0 bridgehead atoms. The molecule has 0 radical (unpaired) electrons. The fourth-order valence-corrected chi connectivity index (χ4v) is 3.17. The van der Waals surface area contributed by atoms with Gasteiger partial charge in [-0.1, -0.05) is 43.6 Å². The lowest BCUT2D eigenvalue weighted by Crippen LogP contribution is -2.42. The van der Waals surface area contributed by atoms with Gasteiger partial charge in [0.05, 0.1) is 0 Å². The molecule has 118 valence electrons. The second-order valence-electron chi connectivity index (χ2n) is 6.63. The molecule has 21 heavy (non-hydrogen) atoms. The van der Waals surface area contributed by atoms with Crippen LogP contribution in [0.5, 0.6) is 0 Å². The first-order valence-electron chi connectivity index (χ1n) is 8.24. The zero-order valence-corrected chi connectivity index (χ0v) is 14.4. The van der Waals surface area contributed by atoms with Crippen molar-refractivity contribution in [2.45, 2.75) is 52.1 Å². The van der Waals surface area contributed by atoms with Crippen LogP contribution < -0.4 is 5.32 Å². The van der Waals surface area contributed by atoms with Crippen molar-refractivity contribution in [3.8, 4) is 0 Å². The lowest BCUT2D eigenvalue weighted by molar-refractivity contribution is 0.150. The van der Waals surface area contributed by atoms with E-state index in [1.54, 1.807) is 0 Å². The maximum absolute atomic E-state index is 6.28. The van der Waals surface area contributed by atoms with Crippen LogP contribution in [0.15, 0.2) is 24.3 Å². The highest BCUT2D eigenvalue weighted by Crippen LogP contribution is 2.29. The van der Waals surface area contributed by atoms with Gasteiger partial charge in [0, 0.05) is 30.7 Å². The number of nitrogens with one attached hydrogen (secondary N) is 1. The van der Waals surface area contributed by atoms with Crippen molar-refractivity contribution < 1.29 is 0 Å². The summed E-state index contributed by atoms with van der Waals surface area (Å²) < 4.78 is 0. The van der Waals surface area contributed by atoms with Gasteiger partial charge in [-0.3, -0.25) is 0 Å². The average Bonchev–Trinajstić information content (AvgIpc) is 3.30. The van der Waals surface area contributed by atoms with Crippen LogP contribution in [-0.4, -0.2) is 31.1 Å². The first-order chi connectivity index (χ1) is 10.1. The van der Waals surface area contributed by atoms with Gasteiger partial charge in [0.1, 0.15) is 0 Å². The Kier molecular flexibility index (Phi) is 6.09. The number of halogens is 1. The summed E-state index contributed by atoms with van der Waals surface area (Å²) in [6.45, 7) is 7.82. The Hall–Kier alpha value is -0.570. The summed E-state index contributed by atoms with van der Waals surface area (Å²) in [6, 6.07) is 8.95. The van der Waals surface area contributed by atoms with Crippen LogP contribution in [0.3, 0.4) is 0 Å². The number of hydrogen-bond acceptors (Lipinski definition) is 2. The molecule has 2 nitrogen and oxygen atoms in total. The maximum atomic E-state index is 6.28. The van der Waals surface area contributed by atoms with Crippen LogP contribution in [-0.2, 0) is 6.54 Å². The lowest BCUT2D eigenvalue weighted by atomic mass is 9.81. The first kappa shape index (κ1) is 16.8. The van der Waals surface area contributed by atoms with E-state index in [4.69, 9.17) is 11.6 Å². The Morgan fingerprint density at radius 3 is 2.48 bits per heavy atom. The van der Waals surface area contributed by atoms with Crippen LogP contribution >= 0.6 is 11.6 Å². The Bertz CT molecular complexity index is 439. The van der Waals surface area contributed by atoms with Crippen LogP contribution in [0.2, 0.25) is 5.02 Å². The Labute approximate surface area is 134 Å². The molecule has 2 rings (SSSR count). The number of hydrogen-bond donors (Lipinski definition) is 1. The molecule has 1 aromatic carbocycles. The Balaban J connectivity index is 1.93. The van der Waals surface area contributed by atoms with Gasteiger partial charge in [0.2, 0.25) is 0 Å². The summed E-state index contributed by atoms with van der Waals surface area (Å²) in [5.41, 5.74) is 1.59. The zero-order valence-electron chi connectivity index (χ0n) is 13.7. The van der Waals surface area contributed by atoms with Crippen LogP contribution in [0.4, 0.5) is 0 Å². The molecule has 0 saturated heterocycles. The van der Waals surface area contributed by atoms with Gasteiger partial charge in [0.25, 0.3) is 0 Å². The first-order valence-corrected chi connectivity index (χ1v) is 8.61. The summed E-state index contributed by atoms with van der Waals surface area (Å²) in [5.74, 6) is 0. The molecule has 3 heteroatoms. The van der Waals surface area contributed by atoms with Crippen molar-refractivity contribution in [2.24, 2.45) is 5.41 Å². The predicted octanol–water partition coefficient (Wildman–Crippen LogP) is 4.33. The third-order valence-electron chi connectivity index (χ3n) is 4.85. The van der Waals surface area contributed by atoms with Crippen LogP contribution in [0.1, 0.15) is 45.1 Å². The fraction of sp³-hybridized carbons (Fsp3) is 0.667. The minimum absolute atomic E-state index is 0.374. The van der Waals surface area contributed by atoms with E-state index in [1.165, 1.54) is 31.2 Å². The molecule has 0 unspecified atom stereocenters. The molecule has 0 aromatic heterocycles. The molecule has 0 atom stereocenters. The average molecular weight is 309 g/mol. The van der Waals surface area contributed by atoms with E-state index in [2.05, 4.69) is 43.2 Å². The van der Waals surface area contributed by atoms with E-state index < -0.39 is 0 Å². The van der Waals surface area contributed by atoms with Crippen molar-refractivity contribution in [3.63, 3.8) is 0 Å². The van der Waals surface area contributed by atoms with Crippen molar-refractivity contribution >= 4 is 11.6 Å². The van der Waals surface area contributed by atoms with Crippen molar-refractivity contribution in [3.05, 3.63) is 34.9 Å². The molecule has 0 heterocycles. The van der Waals surface area contributed by atoms with Gasteiger partial charge in [-0.05, 0) is 49.8 Å². The van der Waals surface area contributed by atoms with Crippen LogP contribution in [0.25, 0.3) is 0 Å². The summed E-state index contributed by atoms with van der Waals surface area (Å²) >= 11 is 6.28. The second kappa shape index (κ2) is 7.62. The van der Waals surface area contributed by atoms with E-state index in [0.717, 1.165) is 30.7 Å². The third-order valence-corrected chi connectivity index (χ3v) is 5.22. The molecular weight excluding hydrogens is 280 g/mol. The van der Waals surface area contributed by atoms with Gasteiger partial charge in [-0.15, -0.1) is 0 Å². The summed E-state index contributed by atoms with van der Waals surface area (Å²) in [6.07, 6.45) is 5.16. The predicted molar refractivity (Wildman–Crippen MR) is 91.8 cm³/mol. The number of nitrogens with zero attached hydrogens (tertiary/aromatic N) is 1. The molecule has 0 amide bonds. The zero-order chi connectivity index (χ0) is 15.3. The smallest absolute Gasteiger partial charge is 0.0451 e. The van der Waals surface area contributed by atoms with Gasteiger partial charge in [0.15, 0.2) is 0 Å². The van der Waals surface area contributed by atoms with Crippen molar-refractivity contribution in [2.75, 3.05) is 20.1 Å². The largest absolute Gasteiger partial charge is 0.313 e. The number of rotatable bonds is 9. The number of benzene rings is 1. The third kappa shape index (κ3) is 4.98. The summed E-state index contributed by atoms with van der Waals surface area (Å²) in [7, 11) is 2.21. The van der Waals surface area contributed by atoms with Crippen molar-refractivity contribution in [1.29, 1.82) is 0 Å². The molecule has 1 aliphatic carbocycles. The maximum Gasteiger partial charge on any atom is 0.0451 e. The lowest BCUT2D eigenvalue weighted by Gasteiger charge is -2.36. The molecule has 0 spiro atoms. The molecule has 1 fully saturated rings. The topological polar surface area (TPSA) is 15.3 Å². The van der Waals surface area contributed by atoms with Crippen LogP contribution in [0, 0.1) is 5.41 Å². The van der Waals surface area contributed by atoms with E-state index in [9.17, 15) is 0 Å². The van der Waals surface area contributed by atoms with E-state index in [1.807, 2.05) is 12.1 Å². The van der Waals surface area contributed by atoms with Gasteiger partial charge < -0.3 is 10.2 Å². The molecular formula is C18H29ClN2. The quantitative estimate of drug-likeness (QED) is 0.730. The molecule has 1 aliphatic rings. The standard InChI is InChI=1S/C18H29ClN2/c1-4-18(5-2,13-20-16-10-11-16)14-21(3)12-15-8-6-7-9-17(15)19/h6-9,16,20H,4-5,10-14H2,1-3H3. The monoisotopic (exact) mass is 308 g/mol. The SMILES string of the molecule is CCC(CC)(CNC1CC1)CN(C)Cc1ccccc1Cl. The minimum atomic E-state index is 0.374. The fourth-order valence-electron chi connectivity index (χ4n) is 2.97. The van der Waals surface area contributed by atoms with E-state index in [-0.39, 0.29) is 0 Å². The summed E-state index contributed by atoms with van der Waals surface area (Å²) in [5, 5.41) is 4.60. The second-order valence-corrected chi connectivity index (χ2v) is 7.03. The van der Waals surface area contributed by atoms with Gasteiger partial charge in [-0.2, -0.15) is 0 Å². The highest BCUT2D eigenvalue weighted by atomic mass is 35.5. The van der Waals surface area contributed by atoms with E-state index in [0.29, 0.717) is 5.41 Å². The molecule has 0 aliphatic heterocycles. The normalized spacial score (nSPS) is 15.7. The Morgan fingerprint density at radius 1 is 1.24 bits per heavy atom. The highest BCUT2D eigenvalue weighted by molar-refractivity contribution is 6.31. The van der Waals surface area contributed by atoms with Crippen molar-refractivity contribution in [1.82, 2.24) is 10.2 Å². The molecule has 1 aromatic rings.